The predicted molar refractivity (Wildman–Crippen MR) is 57.3 cm³/mol. The van der Waals surface area contributed by atoms with Gasteiger partial charge in [0, 0.05) is 5.92 Å². The fourth-order valence-electron chi connectivity index (χ4n) is 1.59. The van der Waals surface area contributed by atoms with Gasteiger partial charge in [-0.3, -0.25) is 0 Å². The van der Waals surface area contributed by atoms with Gasteiger partial charge < -0.3 is 10.3 Å². The zero-order valence-electron chi connectivity index (χ0n) is 9.66. The van der Waals surface area contributed by atoms with E-state index in [2.05, 4.69) is 24.0 Å². The summed E-state index contributed by atoms with van der Waals surface area (Å²) in [4.78, 5) is 4.41. The Morgan fingerprint density at radius 1 is 1.60 bits per heavy atom. The highest BCUT2D eigenvalue weighted by atomic mass is 16.5. The lowest BCUT2D eigenvalue weighted by Crippen LogP contribution is -2.40. The number of hydrogen-bond acceptors (Lipinski definition) is 4. The summed E-state index contributed by atoms with van der Waals surface area (Å²) < 4.78 is 5.23. The monoisotopic (exact) mass is 209 g/mol. The normalized spacial score (nSPS) is 22.4. The van der Waals surface area contributed by atoms with Crippen LogP contribution < -0.4 is 5.73 Å². The highest BCUT2D eigenvalue weighted by Crippen LogP contribution is 2.39. The van der Waals surface area contributed by atoms with Crippen LogP contribution in [0.1, 0.15) is 57.7 Å². The van der Waals surface area contributed by atoms with Gasteiger partial charge in [-0.1, -0.05) is 25.4 Å². The van der Waals surface area contributed by atoms with Crippen LogP contribution >= 0.6 is 0 Å². The molecular weight excluding hydrogens is 190 g/mol. The van der Waals surface area contributed by atoms with E-state index in [0.717, 1.165) is 12.3 Å². The molecule has 1 heterocycles. The fraction of sp³-hybridized carbons (Fsp3) is 0.818. The van der Waals surface area contributed by atoms with Crippen LogP contribution in [0.15, 0.2) is 4.52 Å². The van der Waals surface area contributed by atoms with Crippen LogP contribution in [0.25, 0.3) is 0 Å². The Hall–Kier alpha value is -0.900. The van der Waals surface area contributed by atoms with Gasteiger partial charge in [0.25, 0.3) is 0 Å². The van der Waals surface area contributed by atoms with Crippen molar-refractivity contribution in [3.63, 3.8) is 0 Å². The molecule has 84 valence electrons. The van der Waals surface area contributed by atoms with Gasteiger partial charge in [0.15, 0.2) is 5.82 Å². The van der Waals surface area contributed by atoms with Crippen molar-refractivity contribution in [2.75, 3.05) is 0 Å². The van der Waals surface area contributed by atoms with E-state index in [1.54, 1.807) is 0 Å². The van der Waals surface area contributed by atoms with Crippen LogP contribution in [-0.2, 0) is 5.54 Å². The van der Waals surface area contributed by atoms with Crippen molar-refractivity contribution in [3.05, 3.63) is 11.7 Å². The zero-order valence-corrected chi connectivity index (χ0v) is 9.66. The minimum absolute atomic E-state index is 0.349. The molecule has 0 aromatic carbocycles. The molecule has 1 aliphatic rings. The smallest absolute Gasteiger partial charge is 0.229 e. The van der Waals surface area contributed by atoms with Crippen LogP contribution in [0.3, 0.4) is 0 Å². The van der Waals surface area contributed by atoms with Crippen molar-refractivity contribution in [2.24, 2.45) is 11.7 Å². The standard InChI is InChI=1S/C11H19N3O/c1-4-7(2)11(3,12)10-13-9(15-14-10)8-5-6-8/h7-8H,4-6,12H2,1-3H3. The maximum absolute atomic E-state index is 6.24. The van der Waals surface area contributed by atoms with Gasteiger partial charge in [0.1, 0.15) is 0 Å². The molecule has 0 bridgehead atoms. The third kappa shape index (κ3) is 1.91. The van der Waals surface area contributed by atoms with Crippen LogP contribution in [-0.4, -0.2) is 10.1 Å². The van der Waals surface area contributed by atoms with E-state index in [1.807, 2.05) is 6.92 Å². The van der Waals surface area contributed by atoms with Crippen molar-refractivity contribution in [1.82, 2.24) is 10.1 Å². The van der Waals surface area contributed by atoms with Crippen LogP contribution in [0, 0.1) is 5.92 Å². The van der Waals surface area contributed by atoms with Crippen molar-refractivity contribution in [1.29, 1.82) is 0 Å². The van der Waals surface area contributed by atoms with Gasteiger partial charge in [-0.15, -0.1) is 0 Å². The molecule has 4 heteroatoms. The molecule has 0 radical (unpaired) electrons. The van der Waals surface area contributed by atoms with E-state index >= 15 is 0 Å². The molecule has 1 aromatic rings. The quantitative estimate of drug-likeness (QED) is 0.825. The average molecular weight is 209 g/mol. The second-order valence-corrected chi connectivity index (χ2v) is 4.82. The first-order valence-electron chi connectivity index (χ1n) is 5.68. The van der Waals surface area contributed by atoms with Crippen molar-refractivity contribution in [2.45, 2.75) is 51.5 Å². The molecule has 2 rings (SSSR count). The van der Waals surface area contributed by atoms with E-state index in [9.17, 15) is 0 Å². The molecular formula is C11H19N3O. The van der Waals surface area contributed by atoms with Gasteiger partial charge in [-0.2, -0.15) is 4.98 Å². The topological polar surface area (TPSA) is 64.9 Å². The molecule has 15 heavy (non-hydrogen) atoms. The molecule has 0 saturated heterocycles. The Morgan fingerprint density at radius 2 is 2.27 bits per heavy atom. The highest BCUT2D eigenvalue weighted by molar-refractivity contribution is 5.08. The molecule has 0 spiro atoms. The van der Waals surface area contributed by atoms with Crippen LogP contribution in [0.4, 0.5) is 0 Å². The first kappa shape index (κ1) is 10.6. The zero-order chi connectivity index (χ0) is 11.1. The van der Waals surface area contributed by atoms with Gasteiger partial charge in [-0.25, -0.2) is 0 Å². The molecule has 2 N–H and O–H groups in total. The van der Waals surface area contributed by atoms with Crippen LogP contribution in [0.5, 0.6) is 0 Å². The maximum atomic E-state index is 6.24. The maximum Gasteiger partial charge on any atom is 0.229 e. The van der Waals surface area contributed by atoms with E-state index in [-0.39, 0.29) is 0 Å². The minimum atomic E-state index is -0.481. The summed E-state index contributed by atoms with van der Waals surface area (Å²) in [5.41, 5.74) is 5.76. The molecule has 1 saturated carbocycles. The highest BCUT2D eigenvalue weighted by Gasteiger charge is 2.36. The van der Waals surface area contributed by atoms with Gasteiger partial charge in [0.05, 0.1) is 5.54 Å². The molecule has 0 aliphatic heterocycles. The SMILES string of the molecule is CCC(C)C(C)(N)c1noc(C2CC2)n1. The van der Waals surface area contributed by atoms with Gasteiger partial charge in [0.2, 0.25) is 5.89 Å². The first-order chi connectivity index (χ1) is 7.05. The Morgan fingerprint density at radius 3 is 2.80 bits per heavy atom. The van der Waals surface area contributed by atoms with Gasteiger partial charge >= 0.3 is 0 Å². The van der Waals surface area contributed by atoms with E-state index < -0.39 is 5.54 Å². The lowest BCUT2D eigenvalue weighted by Gasteiger charge is -2.27. The number of aromatic nitrogens is 2. The Balaban J connectivity index is 2.19. The summed E-state index contributed by atoms with van der Waals surface area (Å²) in [6, 6.07) is 0. The Labute approximate surface area is 90.2 Å². The Bertz CT molecular complexity index is 341. The fourth-order valence-corrected chi connectivity index (χ4v) is 1.59. The number of nitrogens with two attached hydrogens (primary N) is 1. The number of nitrogens with zero attached hydrogens (tertiary/aromatic N) is 2. The number of rotatable bonds is 4. The second-order valence-electron chi connectivity index (χ2n) is 4.82. The third-order valence-corrected chi connectivity index (χ3v) is 3.49. The first-order valence-corrected chi connectivity index (χ1v) is 5.68. The molecule has 1 aromatic heterocycles. The molecule has 2 unspecified atom stereocenters. The lowest BCUT2D eigenvalue weighted by atomic mass is 9.85. The summed E-state index contributed by atoms with van der Waals surface area (Å²) in [6.45, 7) is 6.22. The van der Waals surface area contributed by atoms with E-state index in [1.165, 1.54) is 12.8 Å². The molecule has 0 amide bonds. The lowest BCUT2D eigenvalue weighted by molar-refractivity contribution is 0.282. The summed E-state index contributed by atoms with van der Waals surface area (Å²) in [5.74, 6) is 2.27. The largest absolute Gasteiger partial charge is 0.339 e. The van der Waals surface area contributed by atoms with Gasteiger partial charge in [-0.05, 0) is 25.7 Å². The van der Waals surface area contributed by atoms with E-state index in [4.69, 9.17) is 10.3 Å². The summed E-state index contributed by atoms with van der Waals surface area (Å²) in [5, 5.41) is 4.01. The molecule has 1 aliphatic carbocycles. The summed E-state index contributed by atoms with van der Waals surface area (Å²) >= 11 is 0. The summed E-state index contributed by atoms with van der Waals surface area (Å²) in [7, 11) is 0. The van der Waals surface area contributed by atoms with E-state index in [0.29, 0.717) is 17.7 Å². The van der Waals surface area contributed by atoms with Crippen molar-refractivity contribution in [3.8, 4) is 0 Å². The Kier molecular flexibility index (Phi) is 2.54. The average Bonchev–Trinajstić information content (AvgIpc) is 2.94. The van der Waals surface area contributed by atoms with Crippen molar-refractivity contribution >= 4 is 0 Å². The number of hydrogen-bond donors (Lipinski definition) is 1. The van der Waals surface area contributed by atoms with Crippen molar-refractivity contribution < 1.29 is 4.52 Å². The molecule has 2 atom stereocenters. The van der Waals surface area contributed by atoms with Crippen LogP contribution in [0.2, 0.25) is 0 Å². The predicted octanol–water partition coefficient (Wildman–Crippen LogP) is 2.17. The third-order valence-electron chi connectivity index (χ3n) is 3.49. The summed E-state index contributed by atoms with van der Waals surface area (Å²) in [6.07, 6.45) is 3.36. The molecule has 4 nitrogen and oxygen atoms in total. The minimum Gasteiger partial charge on any atom is -0.339 e. The molecule has 1 fully saturated rings. The second kappa shape index (κ2) is 3.59.